The van der Waals surface area contributed by atoms with E-state index in [1.807, 2.05) is 6.92 Å². The molecule has 0 aliphatic heterocycles. The number of hydrogen-bond donors (Lipinski definition) is 0. The van der Waals surface area contributed by atoms with E-state index in [1.54, 1.807) is 6.20 Å². The van der Waals surface area contributed by atoms with Gasteiger partial charge in [0, 0.05) is 34.4 Å². The molecule has 0 atom stereocenters. The van der Waals surface area contributed by atoms with Gasteiger partial charge in [-0.2, -0.15) is 0 Å². The molecule has 0 radical (unpaired) electrons. The highest BCUT2D eigenvalue weighted by Gasteiger charge is 2.09. The summed E-state index contributed by atoms with van der Waals surface area (Å²) in [5.74, 6) is -0.914. The van der Waals surface area contributed by atoms with E-state index in [0.29, 0.717) is 16.7 Å². The molecule has 0 unspecified atom stereocenters. The Hall–Kier alpha value is -1.36. The van der Waals surface area contributed by atoms with Crippen molar-refractivity contribution in [2.45, 2.75) is 18.7 Å². The predicted molar refractivity (Wildman–Crippen MR) is 69.4 cm³/mol. The number of aromatic nitrogens is 2. The average molecular weight is 313 g/mol. The zero-order chi connectivity index (χ0) is 13.1. The van der Waals surface area contributed by atoms with E-state index in [0.717, 1.165) is 23.7 Å². The van der Waals surface area contributed by atoms with Gasteiger partial charge in [0.25, 0.3) is 0 Å². The molecule has 0 amide bonds. The fraction of sp³-hybridized carbons (Fsp3) is 0.231. The first-order valence-corrected chi connectivity index (χ1v) is 6.63. The number of alkyl halides is 1. The Bertz CT molecular complexity index is 553. The maximum Gasteiger partial charge on any atom is 0.159 e. The highest BCUT2D eigenvalue weighted by Crippen LogP contribution is 2.20. The van der Waals surface area contributed by atoms with E-state index in [4.69, 9.17) is 0 Å². The number of halogens is 3. The van der Waals surface area contributed by atoms with E-state index in [9.17, 15) is 8.78 Å². The van der Waals surface area contributed by atoms with Crippen LogP contribution in [0.4, 0.5) is 8.78 Å². The van der Waals surface area contributed by atoms with Crippen LogP contribution in [0.1, 0.15) is 18.2 Å². The molecule has 0 spiro atoms. The van der Waals surface area contributed by atoms with Gasteiger partial charge in [-0.15, -0.1) is 0 Å². The lowest BCUT2D eigenvalue weighted by molar-refractivity contribution is 0.584. The second kappa shape index (κ2) is 5.52. The van der Waals surface area contributed by atoms with Crippen molar-refractivity contribution in [3.63, 3.8) is 0 Å². The van der Waals surface area contributed by atoms with Crippen LogP contribution in [0.2, 0.25) is 0 Å². The Morgan fingerprint density at radius 2 is 1.83 bits per heavy atom. The Balaban J connectivity index is 2.50. The van der Waals surface area contributed by atoms with Gasteiger partial charge in [-0.25, -0.2) is 18.7 Å². The third-order valence-electron chi connectivity index (χ3n) is 2.55. The Morgan fingerprint density at radius 1 is 1.17 bits per heavy atom. The molecule has 0 N–H and O–H groups in total. The van der Waals surface area contributed by atoms with E-state index in [2.05, 4.69) is 25.9 Å². The monoisotopic (exact) mass is 312 g/mol. The highest BCUT2D eigenvalue weighted by atomic mass is 79.9. The molecule has 0 saturated heterocycles. The van der Waals surface area contributed by atoms with Gasteiger partial charge in [0.2, 0.25) is 0 Å². The molecular weight excluding hydrogens is 302 g/mol. The summed E-state index contributed by atoms with van der Waals surface area (Å²) in [6.07, 6.45) is 2.42. The number of aryl methyl sites for hydroxylation is 1. The van der Waals surface area contributed by atoms with Gasteiger partial charge >= 0.3 is 0 Å². The smallest absolute Gasteiger partial charge is 0.159 e. The van der Waals surface area contributed by atoms with Crippen molar-refractivity contribution in [2.24, 2.45) is 0 Å². The molecular formula is C13H11BrF2N2. The van der Waals surface area contributed by atoms with Crippen molar-refractivity contribution in [1.82, 2.24) is 9.97 Å². The number of hydrogen-bond acceptors (Lipinski definition) is 2. The molecule has 2 nitrogen and oxygen atoms in total. The van der Waals surface area contributed by atoms with Gasteiger partial charge in [0.05, 0.1) is 0 Å². The number of benzene rings is 1. The summed E-state index contributed by atoms with van der Waals surface area (Å²) in [4.78, 5) is 8.48. The quantitative estimate of drug-likeness (QED) is 0.804. The van der Waals surface area contributed by atoms with Crippen LogP contribution < -0.4 is 0 Å². The van der Waals surface area contributed by atoms with Crippen molar-refractivity contribution in [1.29, 1.82) is 0 Å². The Morgan fingerprint density at radius 3 is 2.39 bits per heavy atom. The lowest BCUT2D eigenvalue weighted by atomic mass is 10.1. The topological polar surface area (TPSA) is 25.8 Å². The van der Waals surface area contributed by atoms with Crippen LogP contribution in [-0.4, -0.2) is 9.97 Å². The zero-order valence-electron chi connectivity index (χ0n) is 9.75. The fourth-order valence-electron chi connectivity index (χ4n) is 1.68. The lowest BCUT2D eigenvalue weighted by Gasteiger charge is -2.07. The van der Waals surface area contributed by atoms with Gasteiger partial charge in [-0.3, -0.25) is 0 Å². The number of rotatable bonds is 3. The summed E-state index contributed by atoms with van der Waals surface area (Å²) < 4.78 is 26.3. The third-order valence-corrected chi connectivity index (χ3v) is 3.16. The van der Waals surface area contributed by atoms with Gasteiger partial charge in [-0.05, 0) is 18.6 Å². The minimum Gasteiger partial charge on any atom is -0.236 e. The third kappa shape index (κ3) is 2.72. The highest BCUT2D eigenvalue weighted by molar-refractivity contribution is 9.08. The minimum atomic E-state index is -0.629. The second-order valence-corrected chi connectivity index (χ2v) is 4.37. The van der Waals surface area contributed by atoms with Crippen molar-refractivity contribution >= 4 is 15.9 Å². The Kier molecular flexibility index (Phi) is 4.01. The van der Waals surface area contributed by atoms with Crippen molar-refractivity contribution < 1.29 is 8.78 Å². The predicted octanol–water partition coefficient (Wildman–Crippen LogP) is 3.88. The summed E-state index contributed by atoms with van der Waals surface area (Å²) in [6, 6.07) is 3.29. The molecule has 1 aromatic carbocycles. The fourth-order valence-corrected chi connectivity index (χ4v) is 2.15. The first-order valence-electron chi connectivity index (χ1n) is 5.51. The minimum absolute atomic E-state index is 0.343. The maximum absolute atomic E-state index is 13.1. The van der Waals surface area contributed by atoms with Crippen LogP contribution >= 0.6 is 15.9 Å². The van der Waals surface area contributed by atoms with Crippen LogP contribution in [-0.2, 0) is 11.8 Å². The van der Waals surface area contributed by atoms with Crippen LogP contribution in [0.25, 0.3) is 11.4 Å². The van der Waals surface area contributed by atoms with Crippen molar-refractivity contribution in [3.8, 4) is 11.4 Å². The van der Waals surface area contributed by atoms with Crippen LogP contribution in [0.3, 0.4) is 0 Å². The molecule has 5 heteroatoms. The van der Waals surface area contributed by atoms with E-state index < -0.39 is 11.6 Å². The number of nitrogens with zero attached hydrogens (tertiary/aromatic N) is 2. The van der Waals surface area contributed by atoms with Crippen LogP contribution in [0.5, 0.6) is 0 Å². The molecule has 2 aromatic rings. The molecule has 0 fully saturated rings. The second-order valence-electron chi connectivity index (χ2n) is 3.81. The van der Waals surface area contributed by atoms with Crippen LogP contribution in [0.15, 0.2) is 24.4 Å². The molecule has 18 heavy (non-hydrogen) atoms. The molecule has 1 heterocycles. The average Bonchev–Trinajstić information content (AvgIpc) is 2.36. The zero-order valence-corrected chi connectivity index (χ0v) is 11.3. The molecule has 94 valence electrons. The van der Waals surface area contributed by atoms with Gasteiger partial charge in [0.15, 0.2) is 5.82 Å². The summed E-state index contributed by atoms with van der Waals surface area (Å²) in [6.45, 7) is 1.98. The normalized spacial score (nSPS) is 10.7. The summed E-state index contributed by atoms with van der Waals surface area (Å²) in [7, 11) is 0. The first-order chi connectivity index (χ1) is 8.63. The van der Waals surface area contributed by atoms with E-state index in [1.165, 1.54) is 12.1 Å². The summed E-state index contributed by atoms with van der Waals surface area (Å²) in [5, 5.41) is 0.661. The standard InChI is InChI=1S/C13H11BrF2N2/c1-2-12-9(6-14)7-17-13(18-12)8-3-10(15)5-11(16)4-8/h3-5,7H,2,6H2,1H3. The molecule has 2 rings (SSSR count). The molecule has 0 bridgehead atoms. The van der Waals surface area contributed by atoms with Crippen molar-refractivity contribution in [2.75, 3.05) is 0 Å². The first kappa shape index (κ1) is 13.1. The van der Waals surface area contributed by atoms with E-state index >= 15 is 0 Å². The van der Waals surface area contributed by atoms with Crippen molar-refractivity contribution in [3.05, 3.63) is 47.3 Å². The largest absolute Gasteiger partial charge is 0.236 e. The Labute approximate surface area is 112 Å². The molecule has 0 aliphatic carbocycles. The van der Waals surface area contributed by atoms with Gasteiger partial charge in [0.1, 0.15) is 11.6 Å². The SMILES string of the molecule is CCc1nc(-c2cc(F)cc(F)c2)ncc1CBr. The molecule has 0 aliphatic rings. The van der Waals surface area contributed by atoms with Crippen LogP contribution in [0, 0.1) is 11.6 Å². The summed E-state index contributed by atoms with van der Waals surface area (Å²) >= 11 is 3.35. The molecule has 0 saturated carbocycles. The van der Waals surface area contributed by atoms with Gasteiger partial charge < -0.3 is 0 Å². The van der Waals surface area contributed by atoms with E-state index in [-0.39, 0.29) is 0 Å². The summed E-state index contributed by atoms with van der Waals surface area (Å²) in [5.41, 5.74) is 2.21. The maximum atomic E-state index is 13.1. The lowest BCUT2D eigenvalue weighted by Crippen LogP contribution is -2.00. The molecule has 1 aromatic heterocycles. The van der Waals surface area contributed by atoms with Gasteiger partial charge in [-0.1, -0.05) is 22.9 Å².